The SMILES string of the molecule is Cc1cc(F)ccc1C(Cc1cccc(F)c1F)NN. The van der Waals surface area contributed by atoms with Crippen LogP contribution in [-0.2, 0) is 6.42 Å². The number of nitrogens with one attached hydrogen (secondary N) is 1. The largest absolute Gasteiger partial charge is 0.271 e. The second-order valence-corrected chi connectivity index (χ2v) is 4.64. The summed E-state index contributed by atoms with van der Waals surface area (Å²) >= 11 is 0. The van der Waals surface area contributed by atoms with E-state index in [-0.39, 0.29) is 17.8 Å². The maximum absolute atomic E-state index is 13.7. The van der Waals surface area contributed by atoms with Gasteiger partial charge in [0, 0.05) is 0 Å². The maximum Gasteiger partial charge on any atom is 0.162 e. The van der Waals surface area contributed by atoms with E-state index >= 15 is 0 Å². The average Bonchev–Trinajstić information content (AvgIpc) is 2.41. The minimum atomic E-state index is -0.894. The van der Waals surface area contributed by atoms with E-state index in [2.05, 4.69) is 5.43 Å². The highest BCUT2D eigenvalue weighted by Crippen LogP contribution is 2.23. The van der Waals surface area contributed by atoms with E-state index in [1.807, 2.05) is 0 Å². The molecule has 0 saturated carbocycles. The van der Waals surface area contributed by atoms with Crippen LogP contribution in [0.4, 0.5) is 13.2 Å². The van der Waals surface area contributed by atoms with Gasteiger partial charge in [-0.1, -0.05) is 18.2 Å². The summed E-state index contributed by atoms with van der Waals surface area (Å²) in [7, 11) is 0. The lowest BCUT2D eigenvalue weighted by Crippen LogP contribution is -2.30. The van der Waals surface area contributed by atoms with Gasteiger partial charge in [-0.05, 0) is 48.2 Å². The zero-order chi connectivity index (χ0) is 14.7. The molecule has 3 N–H and O–H groups in total. The molecule has 0 amide bonds. The Hall–Kier alpha value is -1.85. The van der Waals surface area contributed by atoms with E-state index < -0.39 is 17.7 Å². The van der Waals surface area contributed by atoms with Gasteiger partial charge in [-0.15, -0.1) is 0 Å². The molecule has 0 aliphatic heterocycles. The van der Waals surface area contributed by atoms with Crippen LogP contribution in [0.15, 0.2) is 36.4 Å². The van der Waals surface area contributed by atoms with Crippen molar-refractivity contribution in [2.24, 2.45) is 5.84 Å². The molecule has 2 aromatic carbocycles. The van der Waals surface area contributed by atoms with Crippen LogP contribution in [0.2, 0.25) is 0 Å². The molecule has 0 fully saturated rings. The molecule has 0 aromatic heterocycles. The molecule has 0 spiro atoms. The third-order valence-electron chi connectivity index (χ3n) is 3.26. The van der Waals surface area contributed by atoms with Crippen molar-refractivity contribution in [1.29, 1.82) is 0 Å². The second kappa shape index (κ2) is 6.07. The van der Waals surface area contributed by atoms with E-state index in [0.717, 1.165) is 11.6 Å². The minimum Gasteiger partial charge on any atom is -0.271 e. The van der Waals surface area contributed by atoms with Gasteiger partial charge in [0.05, 0.1) is 6.04 Å². The minimum absolute atomic E-state index is 0.173. The van der Waals surface area contributed by atoms with Crippen LogP contribution < -0.4 is 11.3 Å². The van der Waals surface area contributed by atoms with Gasteiger partial charge in [-0.2, -0.15) is 0 Å². The Balaban J connectivity index is 2.31. The van der Waals surface area contributed by atoms with Crippen LogP contribution in [0.5, 0.6) is 0 Å². The third kappa shape index (κ3) is 3.00. The number of benzene rings is 2. The van der Waals surface area contributed by atoms with Crippen LogP contribution in [0, 0.1) is 24.4 Å². The van der Waals surface area contributed by atoms with Gasteiger partial charge in [-0.25, -0.2) is 13.2 Å². The Labute approximate surface area is 115 Å². The van der Waals surface area contributed by atoms with E-state index in [1.165, 1.54) is 24.3 Å². The Morgan fingerprint density at radius 1 is 1.15 bits per heavy atom. The van der Waals surface area contributed by atoms with Gasteiger partial charge < -0.3 is 0 Å². The highest BCUT2D eigenvalue weighted by molar-refractivity contribution is 5.31. The molecule has 5 heteroatoms. The Morgan fingerprint density at radius 3 is 2.55 bits per heavy atom. The molecule has 1 unspecified atom stereocenters. The summed E-state index contributed by atoms with van der Waals surface area (Å²) in [5.74, 6) is 3.36. The lowest BCUT2D eigenvalue weighted by molar-refractivity contribution is 0.480. The monoisotopic (exact) mass is 280 g/mol. The van der Waals surface area contributed by atoms with Crippen molar-refractivity contribution in [2.75, 3.05) is 0 Å². The molecule has 20 heavy (non-hydrogen) atoms. The number of nitrogens with two attached hydrogens (primary N) is 1. The van der Waals surface area contributed by atoms with Gasteiger partial charge >= 0.3 is 0 Å². The molecule has 0 bridgehead atoms. The smallest absolute Gasteiger partial charge is 0.162 e. The maximum atomic E-state index is 13.7. The number of hydrogen-bond acceptors (Lipinski definition) is 2. The summed E-state index contributed by atoms with van der Waals surface area (Å²) in [6.07, 6.45) is 0.173. The fraction of sp³-hybridized carbons (Fsp3) is 0.200. The van der Waals surface area contributed by atoms with Gasteiger partial charge in [0.25, 0.3) is 0 Å². The third-order valence-corrected chi connectivity index (χ3v) is 3.26. The molecule has 2 aromatic rings. The van der Waals surface area contributed by atoms with E-state index in [4.69, 9.17) is 5.84 Å². The summed E-state index contributed by atoms with van der Waals surface area (Å²) in [5.41, 5.74) is 4.23. The highest BCUT2D eigenvalue weighted by atomic mass is 19.2. The van der Waals surface area contributed by atoms with Gasteiger partial charge in [0.2, 0.25) is 0 Å². The van der Waals surface area contributed by atoms with E-state index in [9.17, 15) is 13.2 Å². The topological polar surface area (TPSA) is 38.0 Å². The normalized spacial score (nSPS) is 12.4. The molecule has 1 atom stereocenters. The molecule has 0 saturated heterocycles. The predicted octanol–water partition coefficient (Wildman–Crippen LogP) is 3.16. The van der Waals surface area contributed by atoms with Crippen molar-refractivity contribution in [3.05, 3.63) is 70.5 Å². The number of aryl methyl sites for hydroxylation is 1. The fourth-order valence-electron chi connectivity index (χ4n) is 2.21. The standard InChI is InChI=1S/C15H15F3N2/c1-9-7-11(16)5-6-12(9)14(20-19)8-10-3-2-4-13(17)15(10)18/h2-7,14,20H,8,19H2,1H3. The van der Waals surface area contributed by atoms with Gasteiger partial charge in [0.1, 0.15) is 5.82 Å². The number of halogens is 3. The molecular formula is C15H15F3N2. The van der Waals surface area contributed by atoms with E-state index in [1.54, 1.807) is 13.0 Å². The fourth-order valence-corrected chi connectivity index (χ4v) is 2.21. The molecule has 0 aliphatic rings. The van der Waals surface area contributed by atoms with Crippen molar-refractivity contribution in [3.8, 4) is 0 Å². The molecule has 2 nitrogen and oxygen atoms in total. The number of rotatable bonds is 4. The van der Waals surface area contributed by atoms with Crippen molar-refractivity contribution in [1.82, 2.24) is 5.43 Å². The molecule has 0 heterocycles. The Morgan fingerprint density at radius 2 is 1.90 bits per heavy atom. The zero-order valence-electron chi connectivity index (χ0n) is 11.0. The number of hydrazine groups is 1. The van der Waals surface area contributed by atoms with Gasteiger partial charge in [-0.3, -0.25) is 11.3 Å². The molecule has 106 valence electrons. The van der Waals surface area contributed by atoms with Crippen LogP contribution in [0.25, 0.3) is 0 Å². The van der Waals surface area contributed by atoms with Crippen molar-refractivity contribution >= 4 is 0 Å². The first kappa shape index (κ1) is 14.6. The van der Waals surface area contributed by atoms with Crippen molar-refractivity contribution in [2.45, 2.75) is 19.4 Å². The zero-order valence-corrected chi connectivity index (χ0v) is 11.0. The van der Waals surface area contributed by atoms with Crippen molar-refractivity contribution < 1.29 is 13.2 Å². The highest BCUT2D eigenvalue weighted by Gasteiger charge is 2.17. The van der Waals surface area contributed by atoms with Crippen molar-refractivity contribution in [3.63, 3.8) is 0 Å². The van der Waals surface area contributed by atoms with Crippen LogP contribution in [0.1, 0.15) is 22.7 Å². The first-order valence-corrected chi connectivity index (χ1v) is 6.18. The first-order valence-electron chi connectivity index (χ1n) is 6.18. The molecular weight excluding hydrogens is 265 g/mol. The quantitative estimate of drug-likeness (QED) is 0.667. The predicted molar refractivity (Wildman–Crippen MR) is 71.3 cm³/mol. The lowest BCUT2D eigenvalue weighted by Gasteiger charge is -2.19. The summed E-state index contributed by atoms with van der Waals surface area (Å²) in [4.78, 5) is 0. The van der Waals surface area contributed by atoms with E-state index in [0.29, 0.717) is 5.56 Å². The van der Waals surface area contributed by atoms with Gasteiger partial charge in [0.15, 0.2) is 11.6 Å². The first-order chi connectivity index (χ1) is 9.52. The Kier molecular flexibility index (Phi) is 4.42. The summed E-state index contributed by atoms with van der Waals surface area (Å²) in [5, 5.41) is 0. The average molecular weight is 280 g/mol. The molecule has 0 radical (unpaired) electrons. The van der Waals surface area contributed by atoms with Crippen LogP contribution in [0.3, 0.4) is 0 Å². The molecule has 2 rings (SSSR count). The summed E-state index contributed by atoms with van der Waals surface area (Å²) in [6, 6.07) is 7.86. The molecule has 0 aliphatic carbocycles. The number of hydrogen-bond donors (Lipinski definition) is 2. The van der Waals surface area contributed by atoms with Crippen LogP contribution >= 0.6 is 0 Å². The Bertz CT molecular complexity index is 614. The summed E-state index contributed by atoms with van der Waals surface area (Å²) in [6.45, 7) is 1.74. The second-order valence-electron chi connectivity index (χ2n) is 4.64. The van der Waals surface area contributed by atoms with Crippen LogP contribution in [-0.4, -0.2) is 0 Å². The lowest BCUT2D eigenvalue weighted by atomic mass is 9.95. The summed E-state index contributed by atoms with van der Waals surface area (Å²) < 4.78 is 40.0.